The van der Waals surface area contributed by atoms with Crippen LogP contribution in [-0.2, 0) is 4.79 Å². The molecule has 0 aromatic rings. The molecule has 0 saturated heterocycles. The van der Waals surface area contributed by atoms with Crippen molar-refractivity contribution in [1.29, 1.82) is 0 Å². The Hall–Kier alpha value is -0.630. The first-order chi connectivity index (χ1) is 7.56. The second-order valence-corrected chi connectivity index (χ2v) is 6.08. The first kappa shape index (κ1) is 10.5. The van der Waals surface area contributed by atoms with Crippen LogP contribution in [0.5, 0.6) is 0 Å². The third-order valence-corrected chi connectivity index (χ3v) is 5.62. The third-order valence-electron chi connectivity index (χ3n) is 5.62. The highest BCUT2D eigenvalue weighted by Gasteiger charge is 2.59. The minimum atomic E-state index is -0.753. The zero-order valence-corrected chi connectivity index (χ0v) is 9.91. The summed E-state index contributed by atoms with van der Waals surface area (Å²) >= 11 is 0. The highest BCUT2D eigenvalue weighted by molar-refractivity contribution is 5.88. The lowest BCUT2D eigenvalue weighted by atomic mass is 9.53. The predicted octanol–water partition coefficient (Wildman–Crippen LogP) is 2.32. The fourth-order valence-corrected chi connectivity index (χ4v) is 4.50. The number of Topliss-reactive ketones (excluding diaryl/α,β-unsaturated/α-hetero) is 1. The van der Waals surface area contributed by atoms with Gasteiger partial charge in [0.1, 0.15) is 6.10 Å². The molecule has 0 unspecified atom stereocenters. The van der Waals surface area contributed by atoms with Crippen LogP contribution in [0.2, 0.25) is 0 Å². The molecule has 1 spiro atoms. The van der Waals surface area contributed by atoms with Gasteiger partial charge in [-0.3, -0.25) is 4.79 Å². The zero-order chi connectivity index (χ0) is 11.5. The SMILES string of the molecule is C=C1CC[C@@]23C[C@@H]1[C@@H](O)C(=O)[C@@H]2CC[C@H]3C. The van der Waals surface area contributed by atoms with E-state index in [2.05, 4.69) is 13.5 Å². The first-order valence-electron chi connectivity index (χ1n) is 6.46. The first-order valence-corrected chi connectivity index (χ1v) is 6.46. The van der Waals surface area contributed by atoms with E-state index in [1.54, 1.807) is 0 Å². The molecule has 3 rings (SSSR count). The summed E-state index contributed by atoms with van der Waals surface area (Å²) in [4.78, 5) is 12.2. The lowest BCUT2D eigenvalue weighted by Crippen LogP contribution is -2.53. The number of ketones is 1. The van der Waals surface area contributed by atoms with Gasteiger partial charge in [0.2, 0.25) is 0 Å². The molecule has 2 heteroatoms. The number of carbonyl (C=O) groups excluding carboxylic acids is 1. The van der Waals surface area contributed by atoms with E-state index in [1.165, 1.54) is 0 Å². The van der Waals surface area contributed by atoms with E-state index >= 15 is 0 Å². The largest absolute Gasteiger partial charge is 0.385 e. The topological polar surface area (TPSA) is 37.3 Å². The summed E-state index contributed by atoms with van der Waals surface area (Å²) in [6, 6.07) is 0. The Bertz CT molecular complexity index is 360. The molecule has 2 nitrogen and oxygen atoms in total. The standard InChI is InChI=1S/C14H20O2/c1-8-5-6-14-7-10(8)12(15)13(16)11(14)4-3-9(14)2/h9-12,15H,1,3-7H2,2H3/t9-,10+,11+,12-,14+/m1/s1. The van der Waals surface area contributed by atoms with Crippen molar-refractivity contribution in [2.75, 3.05) is 0 Å². The van der Waals surface area contributed by atoms with Crippen LogP contribution in [0.4, 0.5) is 0 Å². The Balaban J connectivity index is 2.04. The van der Waals surface area contributed by atoms with Crippen LogP contribution in [0.25, 0.3) is 0 Å². The normalized spacial score (nSPS) is 51.6. The molecule has 5 atom stereocenters. The number of hydrogen-bond acceptors (Lipinski definition) is 2. The summed E-state index contributed by atoms with van der Waals surface area (Å²) < 4.78 is 0. The Morgan fingerprint density at radius 3 is 2.94 bits per heavy atom. The van der Waals surface area contributed by atoms with Gasteiger partial charge in [0.05, 0.1) is 0 Å². The molecule has 0 heterocycles. The maximum absolute atomic E-state index is 12.2. The van der Waals surface area contributed by atoms with Crippen molar-refractivity contribution < 1.29 is 9.90 Å². The van der Waals surface area contributed by atoms with Crippen molar-refractivity contribution in [3.63, 3.8) is 0 Å². The molecule has 1 N–H and O–H groups in total. The van der Waals surface area contributed by atoms with Crippen LogP contribution in [0.3, 0.4) is 0 Å². The van der Waals surface area contributed by atoms with Crippen molar-refractivity contribution >= 4 is 5.78 Å². The van der Waals surface area contributed by atoms with Crippen LogP contribution in [0.1, 0.15) is 39.0 Å². The molecule has 0 aliphatic heterocycles. The van der Waals surface area contributed by atoms with E-state index in [1.807, 2.05) is 0 Å². The molecule has 2 bridgehead atoms. The maximum atomic E-state index is 12.2. The predicted molar refractivity (Wildman–Crippen MR) is 61.8 cm³/mol. The summed E-state index contributed by atoms with van der Waals surface area (Å²) in [5.41, 5.74) is 1.31. The van der Waals surface area contributed by atoms with Crippen LogP contribution in [0.15, 0.2) is 12.2 Å². The average molecular weight is 220 g/mol. The fourth-order valence-electron chi connectivity index (χ4n) is 4.50. The van der Waals surface area contributed by atoms with E-state index < -0.39 is 6.10 Å². The van der Waals surface area contributed by atoms with Gasteiger partial charge >= 0.3 is 0 Å². The van der Waals surface area contributed by atoms with E-state index in [0.29, 0.717) is 5.92 Å². The molecule has 3 aliphatic rings. The Morgan fingerprint density at radius 2 is 2.19 bits per heavy atom. The lowest BCUT2D eigenvalue weighted by Gasteiger charge is -2.51. The number of carbonyl (C=O) groups is 1. The number of hydrogen-bond donors (Lipinski definition) is 1. The van der Waals surface area contributed by atoms with Gasteiger partial charge < -0.3 is 5.11 Å². The number of aliphatic hydroxyl groups is 1. The second kappa shape index (κ2) is 3.19. The molecular formula is C14H20O2. The van der Waals surface area contributed by atoms with Crippen molar-refractivity contribution in [2.45, 2.75) is 45.1 Å². The summed E-state index contributed by atoms with van der Waals surface area (Å²) in [6.07, 6.45) is 4.53. The van der Waals surface area contributed by atoms with Gasteiger partial charge in [0.15, 0.2) is 5.78 Å². The van der Waals surface area contributed by atoms with Crippen molar-refractivity contribution in [1.82, 2.24) is 0 Å². The zero-order valence-electron chi connectivity index (χ0n) is 9.91. The molecule has 3 aliphatic carbocycles. The van der Waals surface area contributed by atoms with Gasteiger partial charge in [-0.2, -0.15) is 0 Å². The Labute approximate surface area is 96.7 Å². The van der Waals surface area contributed by atoms with Gasteiger partial charge in [-0.15, -0.1) is 0 Å². The van der Waals surface area contributed by atoms with Gasteiger partial charge in [-0.1, -0.05) is 19.1 Å². The minimum absolute atomic E-state index is 0.0537. The summed E-state index contributed by atoms with van der Waals surface area (Å²) in [6.45, 7) is 6.33. The third kappa shape index (κ3) is 1.09. The second-order valence-electron chi connectivity index (χ2n) is 6.08. The van der Waals surface area contributed by atoms with Gasteiger partial charge in [0.25, 0.3) is 0 Å². The minimum Gasteiger partial charge on any atom is -0.385 e. The van der Waals surface area contributed by atoms with E-state index in [9.17, 15) is 9.90 Å². The molecule has 16 heavy (non-hydrogen) atoms. The van der Waals surface area contributed by atoms with Gasteiger partial charge in [-0.05, 0) is 43.4 Å². The van der Waals surface area contributed by atoms with Crippen molar-refractivity contribution in [3.05, 3.63) is 12.2 Å². The number of aliphatic hydroxyl groups excluding tert-OH is 1. The van der Waals surface area contributed by atoms with Crippen LogP contribution in [0, 0.1) is 23.2 Å². The average Bonchev–Trinajstić information content (AvgIpc) is 2.58. The van der Waals surface area contributed by atoms with Gasteiger partial charge in [-0.25, -0.2) is 0 Å². The highest BCUT2D eigenvalue weighted by atomic mass is 16.3. The van der Waals surface area contributed by atoms with Gasteiger partial charge in [0, 0.05) is 11.8 Å². The molecule has 0 aromatic heterocycles. The van der Waals surface area contributed by atoms with Crippen molar-refractivity contribution in [3.8, 4) is 0 Å². The number of fused-ring (bicyclic) bond motifs is 1. The summed E-state index contributed by atoms with van der Waals surface area (Å²) in [5, 5.41) is 10.1. The molecule has 0 amide bonds. The highest BCUT2D eigenvalue weighted by Crippen LogP contribution is 2.61. The molecular weight excluding hydrogens is 200 g/mol. The maximum Gasteiger partial charge on any atom is 0.165 e. The van der Waals surface area contributed by atoms with Crippen molar-refractivity contribution in [2.24, 2.45) is 23.2 Å². The Kier molecular flexibility index (Phi) is 2.10. The number of rotatable bonds is 0. The lowest BCUT2D eigenvalue weighted by molar-refractivity contribution is -0.148. The monoisotopic (exact) mass is 220 g/mol. The molecule has 3 saturated carbocycles. The Morgan fingerprint density at radius 1 is 1.44 bits per heavy atom. The molecule has 88 valence electrons. The fraction of sp³-hybridized carbons (Fsp3) is 0.786. The summed E-state index contributed by atoms with van der Waals surface area (Å²) in [7, 11) is 0. The molecule has 0 radical (unpaired) electrons. The van der Waals surface area contributed by atoms with E-state index in [4.69, 9.17) is 0 Å². The molecule has 3 fully saturated rings. The van der Waals surface area contributed by atoms with Crippen LogP contribution in [-0.4, -0.2) is 17.0 Å². The quantitative estimate of drug-likeness (QED) is 0.636. The van der Waals surface area contributed by atoms with E-state index in [-0.39, 0.29) is 23.0 Å². The molecule has 0 aromatic carbocycles. The van der Waals surface area contributed by atoms with Crippen LogP contribution < -0.4 is 0 Å². The van der Waals surface area contributed by atoms with E-state index in [0.717, 1.165) is 37.7 Å². The smallest absolute Gasteiger partial charge is 0.165 e. The summed E-state index contributed by atoms with van der Waals surface area (Å²) in [5.74, 6) is 0.950. The van der Waals surface area contributed by atoms with Crippen LogP contribution >= 0.6 is 0 Å².